The van der Waals surface area contributed by atoms with Gasteiger partial charge in [-0.25, -0.2) is 18.1 Å². The van der Waals surface area contributed by atoms with Crippen LogP contribution in [0.15, 0.2) is 53.6 Å². The van der Waals surface area contributed by atoms with Crippen LogP contribution < -0.4 is 19.5 Å². The zero-order valence-electron chi connectivity index (χ0n) is 22.1. The van der Waals surface area contributed by atoms with E-state index in [4.69, 9.17) is 21.1 Å². The molecule has 4 rings (SSSR count). The van der Waals surface area contributed by atoms with Crippen LogP contribution >= 0.6 is 11.6 Å². The Labute approximate surface area is 228 Å². The predicted octanol–water partition coefficient (Wildman–Crippen LogP) is 4.31. The van der Waals surface area contributed by atoms with Crippen LogP contribution in [0.4, 0.5) is 5.69 Å². The Morgan fingerprint density at radius 3 is 2.63 bits per heavy atom. The van der Waals surface area contributed by atoms with E-state index in [0.717, 1.165) is 10.8 Å². The highest BCUT2D eigenvalue weighted by Gasteiger charge is 2.38. The number of hydrogen-bond acceptors (Lipinski definition) is 7. The zero-order valence-corrected chi connectivity index (χ0v) is 23.7. The summed E-state index contributed by atoms with van der Waals surface area (Å²) >= 11 is 6.23. The number of methoxy groups -OCH3 is 1. The number of rotatable bonds is 8. The van der Waals surface area contributed by atoms with Crippen LogP contribution in [0.25, 0.3) is 10.8 Å². The van der Waals surface area contributed by atoms with Gasteiger partial charge in [0.1, 0.15) is 17.9 Å². The van der Waals surface area contributed by atoms with E-state index < -0.39 is 21.5 Å². The van der Waals surface area contributed by atoms with Crippen molar-refractivity contribution in [3.05, 3.63) is 53.7 Å². The molecule has 1 fully saturated rings. The number of amides is 1. The number of ether oxygens (including phenoxy) is 2. The maximum Gasteiger partial charge on any atom is 0.245 e. The largest absolute Gasteiger partial charge is 0.494 e. The molecule has 2 N–H and O–H groups in total. The molecule has 0 saturated carbocycles. The van der Waals surface area contributed by atoms with Gasteiger partial charge in [0.15, 0.2) is 0 Å². The number of hydrogen-bond donors (Lipinski definition) is 2. The Morgan fingerprint density at radius 1 is 1.18 bits per heavy atom. The Morgan fingerprint density at radius 2 is 1.95 bits per heavy atom. The third-order valence-corrected chi connectivity index (χ3v) is 8.22. The van der Waals surface area contributed by atoms with Crippen molar-refractivity contribution in [1.82, 2.24) is 14.6 Å². The summed E-state index contributed by atoms with van der Waals surface area (Å²) in [4.78, 5) is 20.0. The lowest BCUT2D eigenvalue weighted by Crippen LogP contribution is -2.49. The van der Waals surface area contributed by atoms with Crippen molar-refractivity contribution in [2.75, 3.05) is 32.6 Å². The lowest BCUT2D eigenvalue weighted by Gasteiger charge is -2.34. The second-order valence-electron chi connectivity index (χ2n) is 10.3. The fourth-order valence-corrected chi connectivity index (χ4v) is 5.42. The van der Waals surface area contributed by atoms with E-state index >= 15 is 0 Å². The van der Waals surface area contributed by atoms with Crippen molar-refractivity contribution in [1.29, 1.82) is 0 Å². The molecule has 1 saturated heterocycles. The van der Waals surface area contributed by atoms with E-state index in [1.165, 1.54) is 19.2 Å². The van der Waals surface area contributed by atoms with Crippen molar-refractivity contribution in [3.63, 3.8) is 0 Å². The molecule has 38 heavy (non-hydrogen) atoms. The van der Waals surface area contributed by atoms with Gasteiger partial charge in [-0.3, -0.25) is 4.79 Å². The van der Waals surface area contributed by atoms with Crippen molar-refractivity contribution in [2.45, 2.75) is 44.2 Å². The first-order valence-corrected chi connectivity index (χ1v) is 14.2. The minimum atomic E-state index is -3.61. The van der Waals surface area contributed by atoms with Crippen LogP contribution in [0.5, 0.6) is 11.6 Å². The van der Waals surface area contributed by atoms with Gasteiger partial charge in [0.2, 0.25) is 21.8 Å². The van der Waals surface area contributed by atoms with Crippen LogP contribution in [0.2, 0.25) is 5.02 Å². The zero-order chi connectivity index (χ0) is 27.7. The molecule has 1 unspecified atom stereocenters. The van der Waals surface area contributed by atoms with E-state index in [0.29, 0.717) is 41.8 Å². The van der Waals surface area contributed by atoms with Crippen molar-refractivity contribution in [2.24, 2.45) is 5.41 Å². The number of sulfonamides is 1. The summed E-state index contributed by atoms with van der Waals surface area (Å²) in [5.41, 5.74) is 0.102. The summed E-state index contributed by atoms with van der Waals surface area (Å²) in [5, 5.41) is 5.42. The highest BCUT2D eigenvalue weighted by molar-refractivity contribution is 7.89. The SMILES string of the molecule is CNS(=O)(=O)c1cccc(NC(C(=O)N2CC[C@@H](Oc3ncc(OC)c4ccc(Cl)cc34)C2)C(C)(C)C)c1. The monoisotopic (exact) mass is 560 g/mol. The van der Waals surface area contributed by atoms with E-state index in [2.05, 4.69) is 15.0 Å². The normalized spacial score (nSPS) is 16.9. The van der Waals surface area contributed by atoms with Gasteiger partial charge in [0.25, 0.3) is 0 Å². The molecule has 3 aromatic rings. The van der Waals surface area contributed by atoms with Crippen LogP contribution in [0.1, 0.15) is 27.2 Å². The fourth-order valence-electron chi connectivity index (χ4n) is 4.47. The maximum absolute atomic E-state index is 13.7. The lowest BCUT2D eigenvalue weighted by molar-refractivity contribution is -0.133. The lowest BCUT2D eigenvalue weighted by atomic mass is 9.85. The van der Waals surface area contributed by atoms with Gasteiger partial charge in [-0.2, -0.15) is 0 Å². The predicted molar refractivity (Wildman–Crippen MR) is 148 cm³/mol. The number of benzene rings is 2. The number of nitrogens with one attached hydrogen (secondary N) is 2. The highest BCUT2D eigenvalue weighted by Crippen LogP contribution is 2.34. The first kappa shape index (κ1) is 27.9. The molecule has 0 radical (unpaired) electrons. The minimum absolute atomic E-state index is 0.0823. The fraction of sp³-hybridized carbons (Fsp3) is 0.407. The molecule has 2 heterocycles. The molecule has 0 aliphatic carbocycles. The number of nitrogens with zero attached hydrogens (tertiary/aromatic N) is 2. The van der Waals surface area contributed by atoms with Crippen LogP contribution in [-0.2, 0) is 14.8 Å². The summed E-state index contributed by atoms with van der Waals surface area (Å²) in [5.74, 6) is 0.981. The second kappa shape index (κ2) is 11.0. The first-order valence-electron chi connectivity index (χ1n) is 12.3. The molecule has 204 valence electrons. The third kappa shape index (κ3) is 5.98. The molecular weight excluding hydrogens is 528 g/mol. The number of carbonyl (C=O) groups excluding carboxylic acids is 1. The number of anilines is 1. The maximum atomic E-state index is 13.7. The number of carbonyl (C=O) groups is 1. The smallest absolute Gasteiger partial charge is 0.245 e. The standard InChI is InChI=1S/C27H33ClN4O5S/c1-27(2,3)24(31-18-7-6-8-20(14-18)38(34,35)29-4)26(33)32-12-11-19(16-32)37-25-22-13-17(28)9-10-21(22)23(36-5)15-30-25/h6-10,13-15,19,24,29,31H,11-12,16H2,1-5H3/t19-,24?/m1/s1. The molecule has 0 spiro atoms. The molecule has 0 bridgehead atoms. The molecule has 11 heteroatoms. The van der Waals surface area contributed by atoms with Crippen LogP contribution in [-0.4, -0.2) is 63.6 Å². The average molecular weight is 561 g/mol. The van der Waals surface area contributed by atoms with Gasteiger partial charge in [-0.05, 0) is 48.9 Å². The van der Waals surface area contributed by atoms with Gasteiger partial charge in [0, 0.05) is 34.4 Å². The Hall–Kier alpha value is -3.08. The number of aromatic nitrogens is 1. The quantitative estimate of drug-likeness (QED) is 0.422. The molecular formula is C27H33ClN4O5S. The molecule has 1 aliphatic rings. The van der Waals surface area contributed by atoms with E-state index in [-0.39, 0.29) is 16.9 Å². The van der Waals surface area contributed by atoms with Gasteiger partial charge < -0.3 is 19.7 Å². The summed E-state index contributed by atoms with van der Waals surface area (Å²) in [6.07, 6.45) is 2.02. The molecule has 1 amide bonds. The number of halogens is 1. The van der Waals surface area contributed by atoms with E-state index in [1.54, 1.807) is 42.5 Å². The van der Waals surface area contributed by atoms with Crippen molar-refractivity contribution >= 4 is 44.0 Å². The second-order valence-corrected chi connectivity index (χ2v) is 12.6. The van der Waals surface area contributed by atoms with Crippen LogP contribution in [0, 0.1) is 5.41 Å². The first-order chi connectivity index (χ1) is 17.9. The van der Waals surface area contributed by atoms with E-state index in [9.17, 15) is 13.2 Å². The average Bonchev–Trinajstić information content (AvgIpc) is 3.35. The van der Waals surface area contributed by atoms with Crippen molar-refractivity contribution in [3.8, 4) is 11.6 Å². The van der Waals surface area contributed by atoms with Crippen LogP contribution in [0.3, 0.4) is 0 Å². The van der Waals surface area contributed by atoms with Gasteiger partial charge in [-0.1, -0.05) is 38.4 Å². The molecule has 9 nitrogen and oxygen atoms in total. The molecule has 1 aliphatic heterocycles. The Balaban J connectivity index is 1.51. The van der Waals surface area contributed by atoms with Gasteiger partial charge in [-0.15, -0.1) is 0 Å². The number of fused-ring (bicyclic) bond motifs is 1. The summed E-state index contributed by atoms with van der Waals surface area (Å²) in [6.45, 7) is 6.84. The Kier molecular flexibility index (Phi) is 8.06. The Bertz CT molecular complexity index is 1440. The molecule has 2 aromatic carbocycles. The topological polar surface area (TPSA) is 110 Å². The van der Waals surface area contributed by atoms with Crippen molar-refractivity contribution < 1.29 is 22.7 Å². The molecule has 2 atom stereocenters. The summed E-state index contributed by atoms with van der Waals surface area (Å²) < 4.78 is 38.5. The number of pyridine rings is 1. The third-order valence-electron chi connectivity index (χ3n) is 6.57. The minimum Gasteiger partial charge on any atom is -0.494 e. The van der Waals surface area contributed by atoms with E-state index in [1.807, 2.05) is 26.8 Å². The van der Waals surface area contributed by atoms with Gasteiger partial charge >= 0.3 is 0 Å². The summed E-state index contributed by atoms with van der Waals surface area (Å²) in [6, 6.07) is 11.3. The summed E-state index contributed by atoms with van der Waals surface area (Å²) in [7, 11) is -0.664. The number of likely N-dealkylation sites (tertiary alicyclic amines) is 1. The molecule has 1 aromatic heterocycles. The highest BCUT2D eigenvalue weighted by atomic mass is 35.5. The van der Waals surface area contributed by atoms with Gasteiger partial charge in [0.05, 0.1) is 24.7 Å².